The molecule has 0 aliphatic heterocycles. The van der Waals surface area contributed by atoms with Gasteiger partial charge in [-0.15, -0.1) is 0 Å². The van der Waals surface area contributed by atoms with Crippen molar-refractivity contribution in [2.24, 2.45) is 0 Å². The average molecular weight is 1160 g/mol. The Morgan fingerprint density at radius 3 is 0.359 bits per heavy atom. The summed E-state index contributed by atoms with van der Waals surface area (Å²) >= 11 is 4.07. The van der Waals surface area contributed by atoms with Crippen LogP contribution in [0.15, 0.2) is 0 Å². The van der Waals surface area contributed by atoms with E-state index in [1.165, 1.54) is 0 Å². The number of carboxylic acids is 1. The molecule has 0 aromatic heterocycles. The van der Waals surface area contributed by atoms with Crippen molar-refractivity contribution in [3.05, 3.63) is 0 Å². The second kappa shape index (κ2) is 73.9. The third-order valence-corrected chi connectivity index (χ3v) is 9.43. The van der Waals surface area contributed by atoms with E-state index in [4.69, 9.17) is 119 Å². The second-order valence-electron chi connectivity index (χ2n) is 15.6. The molecule has 26 nitrogen and oxygen atoms in total. The van der Waals surface area contributed by atoms with Crippen molar-refractivity contribution < 1.29 is 124 Å². The minimum Gasteiger partial charge on any atom is -0.481 e. The molecule has 0 aliphatic rings. The van der Waals surface area contributed by atoms with Crippen molar-refractivity contribution in [1.29, 1.82) is 0 Å². The minimum absolute atomic E-state index is 0.00956. The van der Waals surface area contributed by atoms with Gasteiger partial charge in [0, 0.05) is 5.75 Å². The Morgan fingerprint density at radius 2 is 0.269 bits per heavy atom. The Balaban J connectivity index is 3.08. The monoisotopic (exact) mass is 1160 g/mol. The van der Waals surface area contributed by atoms with Crippen LogP contribution in [0.3, 0.4) is 0 Å². The number of carboxylic acid groups (broad SMARTS) is 1. The van der Waals surface area contributed by atoms with Crippen LogP contribution in [0.1, 0.15) is 6.42 Å². The molecule has 468 valence electrons. The molecule has 1 N–H and O–H groups in total. The number of aliphatic carboxylic acids is 1. The van der Waals surface area contributed by atoms with Gasteiger partial charge in [0.15, 0.2) is 0 Å². The first-order valence-corrected chi connectivity index (χ1v) is 28.1. The molecule has 0 heterocycles. The molecule has 0 unspecified atom stereocenters. The van der Waals surface area contributed by atoms with Crippen molar-refractivity contribution >= 4 is 18.6 Å². The Morgan fingerprint density at radius 1 is 0.179 bits per heavy atom. The van der Waals surface area contributed by atoms with Gasteiger partial charge in [0.2, 0.25) is 0 Å². The second-order valence-corrected chi connectivity index (χ2v) is 16.0. The van der Waals surface area contributed by atoms with E-state index in [-0.39, 0.29) is 13.0 Å². The predicted octanol–water partition coefficient (Wildman–Crippen LogP) is 0.789. The lowest BCUT2D eigenvalue weighted by Gasteiger charge is -2.09. The van der Waals surface area contributed by atoms with Crippen molar-refractivity contribution in [1.82, 2.24) is 0 Å². The molecule has 0 radical (unpaired) electrons. The van der Waals surface area contributed by atoms with Gasteiger partial charge in [-0.25, -0.2) is 0 Å². The van der Waals surface area contributed by atoms with E-state index in [9.17, 15) is 4.79 Å². The van der Waals surface area contributed by atoms with E-state index in [2.05, 4.69) is 12.6 Å². The maximum absolute atomic E-state index is 10.4. The summed E-state index contributed by atoms with van der Waals surface area (Å²) in [4.78, 5) is 10.4. The summed E-state index contributed by atoms with van der Waals surface area (Å²) in [5, 5.41) is 8.52. The van der Waals surface area contributed by atoms with Crippen LogP contribution in [0.4, 0.5) is 0 Å². The topological polar surface area (TPSA) is 259 Å². The molecule has 0 saturated heterocycles. The van der Waals surface area contributed by atoms with E-state index in [0.29, 0.717) is 316 Å². The van der Waals surface area contributed by atoms with Crippen LogP contribution in [-0.4, -0.2) is 334 Å². The third kappa shape index (κ3) is 74.9. The van der Waals surface area contributed by atoms with Crippen molar-refractivity contribution in [3.8, 4) is 0 Å². The summed E-state index contributed by atoms with van der Waals surface area (Å²) in [5.74, 6) is -0.168. The lowest BCUT2D eigenvalue weighted by Crippen LogP contribution is -2.16. The van der Waals surface area contributed by atoms with Gasteiger partial charge in [-0.2, -0.15) is 12.6 Å². The van der Waals surface area contributed by atoms with Gasteiger partial charge < -0.3 is 119 Å². The minimum atomic E-state index is -0.880. The molecule has 0 atom stereocenters. The molecule has 78 heavy (non-hydrogen) atoms. The molecule has 0 spiro atoms. The number of hydrogen-bond donors (Lipinski definition) is 2. The number of ether oxygens (including phenoxy) is 24. The molecule has 0 fully saturated rings. The normalized spacial score (nSPS) is 11.7. The van der Waals surface area contributed by atoms with Crippen LogP contribution in [0.5, 0.6) is 0 Å². The zero-order chi connectivity index (χ0) is 55.9. The lowest BCUT2D eigenvalue weighted by molar-refractivity contribution is -0.138. The van der Waals surface area contributed by atoms with E-state index >= 15 is 0 Å². The summed E-state index contributed by atoms with van der Waals surface area (Å²) < 4.78 is 131. The van der Waals surface area contributed by atoms with E-state index in [0.717, 1.165) is 0 Å². The van der Waals surface area contributed by atoms with Crippen LogP contribution >= 0.6 is 12.6 Å². The summed E-state index contributed by atoms with van der Waals surface area (Å²) in [7, 11) is 0. The molecular formula is C51H102O26S. The molecular weight excluding hydrogens is 1060 g/mol. The van der Waals surface area contributed by atoms with E-state index in [1.54, 1.807) is 0 Å². The predicted molar refractivity (Wildman–Crippen MR) is 286 cm³/mol. The Labute approximate surface area is 470 Å². The zero-order valence-corrected chi connectivity index (χ0v) is 47.9. The fourth-order valence-corrected chi connectivity index (χ4v) is 5.51. The van der Waals surface area contributed by atoms with Crippen molar-refractivity contribution in [2.75, 3.05) is 323 Å². The first-order chi connectivity index (χ1) is 38.8. The van der Waals surface area contributed by atoms with Crippen molar-refractivity contribution in [3.63, 3.8) is 0 Å². The Kier molecular flexibility index (Phi) is 72.8. The van der Waals surface area contributed by atoms with Gasteiger partial charge in [-0.1, -0.05) is 0 Å². The fraction of sp³-hybridized carbons (Fsp3) is 0.980. The molecule has 27 heteroatoms. The molecule has 0 amide bonds. The highest BCUT2D eigenvalue weighted by Crippen LogP contribution is 1.92. The van der Waals surface area contributed by atoms with Crippen LogP contribution < -0.4 is 0 Å². The van der Waals surface area contributed by atoms with Gasteiger partial charge in [0.05, 0.1) is 324 Å². The van der Waals surface area contributed by atoms with Crippen LogP contribution in [0.25, 0.3) is 0 Å². The Hall–Kier alpha value is -1.14. The number of hydrogen-bond acceptors (Lipinski definition) is 26. The SMILES string of the molecule is O=C(O)CCOCCOCCOCCOCCOCCOCCOCCOCCOCCOCCOCCOCCOCCOCCOCCOCCOCCOCCOCCOCCOCCOCCOCCOCCS. The fourth-order valence-electron chi connectivity index (χ4n) is 5.38. The number of thiol groups is 1. The summed E-state index contributed by atoms with van der Waals surface area (Å²) in [6, 6.07) is 0. The van der Waals surface area contributed by atoms with Crippen LogP contribution in [-0.2, 0) is 118 Å². The summed E-state index contributed by atoms with van der Waals surface area (Å²) in [6.07, 6.45) is -0.00956. The van der Waals surface area contributed by atoms with Gasteiger partial charge in [-0.05, 0) is 0 Å². The molecule has 0 aromatic rings. The van der Waals surface area contributed by atoms with E-state index in [1.807, 2.05) is 0 Å². The van der Waals surface area contributed by atoms with Gasteiger partial charge >= 0.3 is 5.97 Å². The quantitative estimate of drug-likeness (QED) is 0.0630. The van der Waals surface area contributed by atoms with Gasteiger partial charge in [0.1, 0.15) is 0 Å². The number of carbonyl (C=O) groups is 1. The highest BCUT2D eigenvalue weighted by Gasteiger charge is 2.01. The largest absolute Gasteiger partial charge is 0.481 e. The van der Waals surface area contributed by atoms with E-state index < -0.39 is 5.97 Å². The van der Waals surface area contributed by atoms with Crippen LogP contribution in [0.2, 0.25) is 0 Å². The number of rotatable bonds is 74. The highest BCUT2D eigenvalue weighted by atomic mass is 32.1. The zero-order valence-electron chi connectivity index (χ0n) is 47.0. The summed E-state index contributed by atoms with van der Waals surface area (Å²) in [6.45, 7) is 23.1. The van der Waals surface area contributed by atoms with Gasteiger partial charge in [-0.3, -0.25) is 4.79 Å². The average Bonchev–Trinajstić information content (AvgIpc) is 3.44. The summed E-state index contributed by atoms with van der Waals surface area (Å²) in [5.41, 5.74) is 0. The maximum Gasteiger partial charge on any atom is 0.305 e. The molecule has 0 saturated carbocycles. The van der Waals surface area contributed by atoms with Crippen molar-refractivity contribution in [2.45, 2.75) is 6.42 Å². The maximum atomic E-state index is 10.4. The third-order valence-electron chi connectivity index (χ3n) is 9.25. The highest BCUT2D eigenvalue weighted by molar-refractivity contribution is 7.80. The van der Waals surface area contributed by atoms with Gasteiger partial charge in [0.25, 0.3) is 0 Å². The molecule has 0 aliphatic carbocycles. The lowest BCUT2D eigenvalue weighted by atomic mass is 10.5. The standard InChI is InChI=1S/C51H102O26S/c52-51(53)1-2-54-3-4-55-5-6-56-7-8-57-9-10-58-11-12-59-13-14-60-15-16-61-17-18-62-19-20-63-21-22-64-23-24-65-25-26-66-27-28-67-29-30-68-31-32-69-33-34-70-35-36-71-37-38-72-39-40-73-41-42-74-43-44-75-45-46-76-47-48-77-49-50-78/h78H,1-50H2,(H,52,53). The molecule has 0 bridgehead atoms. The van der Waals surface area contributed by atoms with Crippen LogP contribution in [0, 0.1) is 0 Å². The molecule has 0 aromatic carbocycles. The first kappa shape index (κ1) is 76.9. The first-order valence-electron chi connectivity index (χ1n) is 27.5. The smallest absolute Gasteiger partial charge is 0.305 e. The molecule has 0 rings (SSSR count). The Bertz CT molecular complexity index is 1090.